The van der Waals surface area contributed by atoms with Crippen molar-refractivity contribution in [3.8, 4) is 11.8 Å². The van der Waals surface area contributed by atoms with Gasteiger partial charge in [0.15, 0.2) is 0 Å². The highest BCUT2D eigenvalue weighted by molar-refractivity contribution is 5.88. The van der Waals surface area contributed by atoms with Crippen LogP contribution in [-0.2, 0) is 9.53 Å². The van der Waals surface area contributed by atoms with Crippen LogP contribution in [0.15, 0.2) is 0 Å². The number of esters is 1. The molecule has 0 aromatic rings. The van der Waals surface area contributed by atoms with Gasteiger partial charge in [-0.15, -0.1) is 0 Å². The van der Waals surface area contributed by atoms with E-state index < -0.39 is 5.97 Å². The lowest BCUT2D eigenvalue weighted by Crippen LogP contribution is -2.11. The van der Waals surface area contributed by atoms with Crippen molar-refractivity contribution in [3.05, 3.63) is 0 Å². The summed E-state index contributed by atoms with van der Waals surface area (Å²) >= 11 is 0. The van der Waals surface area contributed by atoms with Crippen LogP contribution in [0.25, 0.3) is 0 Å². The highest BCUT2D eigenvalue weighted by atomic mass is 16.5. The fraction of sp³-hybridized carbons (Fsp3) is 0.700. The monoisotopic (exact) mass is 183 g/mol. The van der Waals surface area contributed by atoms with Crippen LogP contribution in [0.4, 0.5) is 0 Å². The average molecular weight is 183 g/mol. The summed E-state index contributed by atoms with van der Waals surface area (Å²) in [4.78, 5) is 12.8. The average Bonchev–Trinajstić information content (AvgIpc) is 2.04. The predicted octanol–water partition coefficient (Wildman–Crippen LogP) is 0.895. The van der Waals surface area contributed by atoms with Crippen LogP contribution in [0.2, 0.25) is 0 Å². The molecule has 0 aliphatic carbocycles. The Balaban J connectivity index is 3.53. The van der Waals surface area contributed by atoms with Crippen molar-refractivity contribution in [3.63, 3.8) is 0 Å². The molecule has 0 radical (unpaired) electrons. The number of hydrogen-bond acceptors (Lipinski definition) is 3. The van der Waals surface area contributed by atoms with Gasteiger partial charge in [-0.05, 0) is 20.5 Å². The van der Waals surface area contributed by atoms with Gasteiger partial charge in [-0.1, -0.05) is 19.3 Å². The summed E-state index contributed by atoms with van der Waals surface area (Å²) in [6.45, 7) is 3.11. The van der Waals surface area contributed by atoms with Gasteiger partial charge in [0.25, 0.3) is 0 Å². The molecule has 0 fully saturated rings. The molecule has 0 N–H and O–H groups in total. The Morgan fingerprint density at radius 1 is 1.46 bits per heavy atom. The Labute approximate surface area is 80.1 Å². The molecule has 0 atom stereocenters. The summed E-state index contributed by atoms with van der Waals surface area (Å²) in [6.07, 6.45) is 1.93. The number of carbonyl (C=O) groups is 1. The van der Waals surface area contributed by atoms with Crippen LogP contribution >= 0.6 is 0 Å². The Kier molecular flexibility index (Phi) is 7.04. The van der Waals surface area contributed by atoms with Gasteiger partial charge < -0.3 is 4.74 Å². The topological polar surface area (TPSA) is 29.5 Å². The number of nitrogens with zero attached hydrogens (tertiary/aromatic N) is 1. The van der Waals surface area contributed by atoms with Crippen molar-refractivity contribution in [2.45, 2.75) is 19.8 Å². The van der Waals surface area contributed by atoms with Gasteiger partial charge in [0, 0.05) is 5.92 Å². The standard InChI is InChI=1S/C10H17NO2/c1-4-5-9-13-10(12)7-6-8-11(2)3/h4-5,8-9H2,1-3H3. The van der Waals surface area contributed by atoms with Crippen molar-refractivity contribution in [1.82, 2.24) is 4.90 Å². The number of hydrogen-bond donors (Lipinski definition) is 0. The maximum Gasteiger partial charge on any atom is 0.384 e. The number of unbranched alkanes of at least 4 members (excludes halogenated alkanes) is 1. The van der Waals surface area contributed by atoms with E-state index >= 15 is 0 Å². The Bertz CT molecular complexity index is 201. The fourth-order valence-corrected chi connectivity index (χ4v) is 0.615. The van der Waals surface area contributed by atoms with Crippen LogP contribution in [0, 0.1) is 11.8 Å². The lowest BCUT2D eigenvalue weighted by atomic mass is 10.4. The zero-order valence-corrected chi connectivity index (χ0v) is 8.59. The van der Waals surface area contributed by atoms with E-state index in [1.54, 1.807) is 0 Å². The fourth-order valence-electron chi connectivity index (χ4n) is 0.615. The van der Waals surface area contributed by atoms with E-state index in [0.29, 0.717) is 13.2 Å². The summed E-state index contributed by atoms with van der Waals surface area (Å²) in [5.74, 6) is 4.71. The minimum Gasteiger partial charge on any atom is -0.456 e. The van der Waals surface area contributed by atoms with Crippen LogP contribution in [0.3, 0.4) is 0 Å². The second-order valence-corrected chi connectivity index (χ2v) is 3.03. The van der Waals surface area contributed by atoms with Gasteiger partial charge in [0.05, 0.1) is 13.2 Å². The highest BCUT2D eigenvalue weighted by Crippen LogP contribution is 1.87. The van der Waals surface area contributed by atoms with E-state index in [4.69, 9.17) is 4.74 Å². The van der Waals surface area contributed by atoms with Gasteiger partial charge in [-0.25, -0.2) is 4.79 Å². The molecular weight excluding hydrogens is 166 g/mol. The zero-order valence-electron chi connectivity index (χ0n) is 8.59. The first-order valence-corrected chi connectivity index (χ1v) is 4.47. The molecule has 0 spiro atoms. The third-order valence-corrected chi connectivity index (χ3v) is 1.32. The smallest absolute Gasteiger partial charge is 0.384 e. The molecule has 0 bridgehead atoms. The second kappa shape index (κ2) is 7.63. The molecule has 0 aromatic carbocycles. The molecular formula is C10H17NO2. The summed E-state index contributed by atoms with van der Waals surface area (Å²) in [6, 6.07) is 0. The Morgan fingerprint density at radius 2 is 2.15 bits per heavy atom. The summed E-state index contributed by atoms with van der Waals surface area (Å²) in [5.41, 5.74) is 0. The lowest BCUT2D eigenvalue weighted by Gasteiger charge is -2.01. The van der Waals surface area contributed by atoms with E-state index in [1.165, 1.54) is 0 Å². The minimum atomic E-state index is -0.421. The quantitative estimate of drug-likeness (QED) is 0.280. The van der Waals surface area contributed by atoms with Crippen LogP contribution in [0.1, 0.15) is 19.8 Å². The Hall–Kier alpha value is -1.01. The molecule has 0 aliphatic heterocycles. The van der Waals surface area contributed by atoms with Crippen molar-refractivity contribution in [2.24, 2.45) is 0 Å². The minimum absolute atomic E-state index is 0.421. The first kappa shape index (κ1) is 12.0. The highest BCUT2D eigenvalue weighted by Gasteiger charge is 1.94. The summed E-state index contributed by atoms with van der Waals surface area (Å²) < 4.78 is 4.83. The molecule has 0 unspecified atom stereocenters. The third-order valence-electron chi connectivity index (χ3n) is 1.32. The van der Waals surface area contributed by atoms with Gasteiger partial charge in [0.2, 0.25) is 0 Å². The Morgan fingerprint density at radius 3 is 2.69 bits per heavy atom. The van der Waals surface area contributed by atoms with Crippen molar-refractivity contribution >= 4 is 5.97 Å². The zero-order chi connectivity index (χ0) is 10.1. The predicted molar refractivity (Wildman–Crippen MR) is 52.2 cm³/mol. The van der Waals surface area contributed by atoms with Crippen molar-refractivity contribution < 1.29 is 9.53 Å². The maximum atomic E-state index is 10.9. The maximum absolute atomic E-state index is 10.9. The molecule has 0 rings (SSSR count). The normalized spacial score (nSPS) is 9.23. The summed E-state index contributed by atoms with van der Waals surface area (Å²) in [5, 5.41) is 0. The number of rotatable bonds is 4. The molecule has 0 saturated heterocycles. The van der Waals surface area contributed by atoms with Crippen LogP contribution in [-0.4, -0.2) is 38.1 Å². The molecule has 13 heavy (non-hydrogen) atoms. The van der Waals surface area contributed by atoms with Gasteiger partial charge in [-0.2, -0.15) is 0 Å². The molecule has 0 saturated carbocycles. The molecule has 0 amide bonds. The van der Waals surface area contributed by atoms with Crippen molar-refractivity contribution in [1.29, 1.82) is 0 Å². The van der Waals surface area contributed by atoms with Crippen LogP contribution < -0.4 is 0 Å². The SMILES string of the molecule is CCCCOC(=O)C#CCN(C)C. The molecule has 0 aliphatic rings. The molecule has 0 heterocycles. The van der Waals surface area contributed by atoms with Crippen LogP contribution in [0.5, 0.6) is 0 Å². The van der Waals surface area contributed by atoms with E-state index in [0.717, 1.165) is 12.8 Å². The first-order valence-electron chi connectivity index (χ1n) is 4.47. The molecule has 3 heteroatoms. The van der Waals surface area contributed by atoms with E-state index in [-0.39, 0.29) is 0 Å². The number of ether oxygens (including phenoxy) is 1. The molecule has 3 nitrogen and oxygen atoms in total. The first-order chi connectivity index (χ1) is 6.16. The molecule has 74 valence electrons. The summed E-state index contributed by atoms with van der Waals surface area (Å²) in [7, 11) is 3.80. The van der Waals surface area contributed by atoms with E-state index in [1.807, 2.05) is 25.9 Å². The second-order valence-electron chi connectivity index (χ2n) is 3.03. The van der Waals surface area contributed by atoms with E-state index in [2.05, 4.69) is 11.8 Å². The number of carbonyl (C=O) groups excluding carboxylic acids is 1. The molecule has 0 aromatic heterocycles. The third kappa shape index (κ3) is 8.90. The van der Waals surface area contributed by atoms with Gasteiger partial charge in [0.1, 0.15) is 0 Å². The van der Waals surface area contributed by atoms with Crippen molar-refractivity contribution in [2.75, 3.05) is 27.2 Å². The van der Waals surface area contributed by atoms with Gasteiger partial charge >= 0.3 is 5.97 Å². The lowest BCUT2D eigenvalue weighted by molar-refractivity contribution is -0.136. The van der Waals surface area contributed by atoms with E-state index in [9.17, 15) is 4.79 Å². The van der Waals surface area contributed by atoms with Gasteiger partial charge in [-0.3, -0.25) is 4.90 Å². The largest absolute Gasteiger partial charge is 0.456 e.